The number of piperidine rings is 1. The van der Waals surface area contributed by atoms with Crippen LogP contribution in [0.5, 0.6) is 0 Å². The van der Waals surface area contributed by atoms with E-state index in [0.717, 1.165) is 4.90 Å². The van der Waals surface area contributed by atoms with E-state index in [1.807, 2.05) is 0 Å². The summed E-state index contributed by atoms with van der Waals surface area (Å²) in [6, 6.07) is 8.10. The van der Waals surface area contributed by atoms with Crippen molar-refractivity contribution in [3.8, 4) is 22.8 Å². The fraction of sp³-hybridized carbons (Fsp3) is 0.419. The molecule has 14 nitrogen and oxygen atoms in total. The minimum Gasteiger partial charge on any atom is -0.444 e. The van der Waals surface area contributed by atoms with Crippen molar-refractivity contribution in [2.75, 3.05) is 28.6 Å². The van der Waals surface area contributed by atoms with E-state index in [0.29, 0.717) is 5.56 Å². The summed E-state index contributed by atoms with van der Waals surface area (Å²) < 4.78 is 109. The topological polar surface area (TPSA) is 174 Å². The lowest BCUT2D eigenvalue weighted by molar-refractivity contribution is -0.159. The molecule has 1 fully saturated rings. The van der Waals surface area contributed by atoms with Crippen molar-refractivity contribution in [2.24, 2.45) is 0 Å². The van der Waals surface area contributed by atoms with Gasteiger partial charge in [-0.1, -0.05) is 34.5 Å². The summed E-state index contributed by atoms with van der Waals surface area (Å²) in [7, 11) is -4.25. The summed E-state index contributed by atoms with van der Waals surface area (Å²) in [5.74, 6) is -6.38. The zero-order chi connectivity index (χ0) is 36.9. The minimum atomic E-state index is -4.84. The van der Waals surface area contributed by atoms with Gasteiger partial charge in [0.1, 0.15) is 11.6 Å². The number of hydrogen-bond acceptors (Lipinski definition) is 12. The van der Waals surface area contributed by atoms with Crippen LogP contribution in [0.15, 0.2) is 56.3 Å². The van der Waals surface area contributed by atoms with Crippen molar-refractivity contribution in [2.45, 2.75) is 68.8 Å². The first kappa shape index (κ1) is 35.7. The first-order valence-electron chi connectivity index (χ1n) is 15.4. The van der Waals surface area contributed by atoms with Gasteiger partial charge in [-0.15, -0.1) is 5.10 Å². The summed E-state index contributed by atoms with van der Waals surface area (Å²) in [5, 5.41) is 13.7. The van der Waals surface area contributed by atoms with Crippen LogP contribution in [0.2, 0.25) is 0 Å². The van der Waals surface area contributed by atoms with Gasteiger partial charge >= 0.3 is 24.2 Å². The highest BCUT2D eigenvalue weighted by Gasteiger charge is 2.41. The Morgan fingerprint density at radius 2 is 1.71 bits per heavy atom. The molecule has 4 aromatic rings. The average molecular weight is 740 g/mol. The number of hydrogen-bond donors (Lipinski definition) is 1. The lowest BCUT2D eigenvalue weighted by Gasteiger charge is -2.30. The first-order valence-corrected chi connectivity index (χ1v) is 17.1. The van der Waals surface area contributed by atoms with Crippen LogP contribution >= 0.6 is 0 Å². The SMILES string of the molecule is CC(C)(C)OC(=O)N[C@H]1CS(=O)(=O)c2ccc(-c3nnc(N4CCC(F)(F)CC4)o3)cc2N(Cc2ccc(-c3noc(C(F)(F)F)n3)cc2)C1=O. The first-order chi connectivity index (χ1) is 23.8. The molecule has 2 amide bonds. The average Bonchev–Trinajstić information content (AvgIpc) is 3.72. The fourth-order valence-corrected chi connectivity index (χ4v) is 7.02. The van der Waals surface area contributed by atoms with E-state index in [1.54, 1.807) is 20.8 Å². The summed E-state index contributed by atoms with van der Waals surface area (Å²) in [6.07, 6.45) is -6.68. The van der Waals surface area contributed by atoms with E-state index in [1.165, 1.54) is 47.4 Å². The zero-order valence-corrected chi connectivity index (χ0v) is 28.0. The van der Waals surface area contributed by atoms with E-state index in [-0.39, 0.29) is 59.1 Å². The maximum atomic E-state index is 14.1. The summed E-state index contributed by atoms with van der Waals surface area (Å²) in [5.41, 5.74) is -0.289. The monoisotopic (exact) mass is 739 g/mol. The Balaban J connectivity index is 1.35. The van der Waals surface area contributed by atoms with Gasteiger partial charge in [-0.2, -0.15) is 18.2 Å². The van der Waals surface area contributed by atoms with Crippen LogP contribution in [0.1, 0.15) is 45.1 Å². The highest BCUT2D eigenvalue weighted by Crippen LogP contribution is 2.37. The molecular weight excluding hydrogens is 709 g/mol. The zero-order valence-electron chi connectivity index (χ0n) is 27.2. The number of carbonyl (C=O) groups is 2. The van der Waals surface area contributed by atoms with Crippen molar-refractivity contribution in [3.05, 3.63) is 53.9 Å². The molecule has 0 saturated carbocycles. The summed E-state index contributed by atoms with van der Waals surface area (Å²) in [6.45, 7) is 4.45. The second-order valence-corrected chi connectivity index (χ2v) is 14.9. The number of sulfone groups is 1. The molecule has 51 heavy (non-hydrogen) atoms. The van der Waals surface area contributed by atoms with Crippen LogP contribution in [-0.2, 0) is 32.1 Å². The number of anilines is 2. The molecule has 2 aliphatic heterocycles. The van der Waals surface area contributed by atoms with Crippen molar-refractivity contribution in [3.63, 3.8) is 0 Å². The number of halogens is 5. The molecule has 1 N–H and O–H groups in total. The minimum absolute atomic E-state index is 0.0123. The molecule has 0 radical (unpaired) electrons. The lowest BCUT2D eigenvalue weighted by Crippen LogP contribution is -2.51. The van der Waals surface area contributed by atoms with Crippen LogP contribution < -0.4 is 15.1 Å². The Labute approximate surface area is 286 Å². The number of amides is 2. The molecule has 1 saturated heterocycles. The molecule has 1 atom stereocenters. The maximum absolute atomic E-state index is 14.1. The van der Waals surface area contributed by atoms with Crippen molar-refractivity contribution < 1.29 is 53.6 Å². The standard InChI is InChI=1S/C31H30F5N7O7S/c1-29(2,3)49-28(45)37-20-16-51(46,47)22-9-8-19(24-39-40-27(48-24)42-12-10-30(32,33)11-13-42)14-21(22)43(25(20)44)15-17-4-6-18(7-5-17)23-38-26(50-41-23)31(34,35)36/h4-9,14,20H,10-13,15-16H2,1-3H3,(H,37,45)/t20-/m0/s1. The molecule has 0 aliphatic carbocycles. The number of nitrogens with one attached hydrogen (secondary N) is 1. The molecular formula is C31H30F5N7O7S. The quantitative estimate of drug-likeness (QED) is 0.255. The number of alkyl carbamates (subject to hydrolysis) is 1. The van der Waals surface area contributed by atoms with E-state index >= 15 is 0 Å². The Bertz CT molecular complexity index is 2050. The predicted molar refractivity (Wildman–Crippen MR) is 167 cm³/mol. The Morgan fingerprint density at radius 3 is 2.33 bits per heavy atom. The van der Waals surface area contributed by atoms with Crippen LogP contribution in [0.3, 0.4) is 0 Å². The maximum Gasteiger partial charge on any atom is 0.471 e. The third-order valence-corrected chi connectivity index (χ3v) is 9.66. The second-order valence-electron chi connectivity index (χ2n) is 12.9. The fourth-order valence-electron chi connectivity index (χ4n) is 5.41. The van der Waals surface area contributed by atoms with E-state index in [4.69, 9.17) is 9.15 Å². The van der Waals surface area contributed by atoms with Crippen molar-refractivity contribution in [1.82, 2.24) is 25.7 Å². The van der Waals surface area contributed by atoms with Crippen molar-refractivity contribution in [1.29, 1.82) is 0 Å². The summed E-state index contributed by atoms with van der Waals surface area (Å²) >= 11 is 0. The van der Waals surface area contributed by atoms with Gasteiger partial charge in [0.25, 0.3) is 11.8 Å². The molecule has 272 valence electrons. The van der Waals surface area contributed by atoms with Gasteiger partial charge < -0.3 is 28.8 Å². The summed E-state index contributed by atoms with van der Waals surface area (Å²) in [4.78, 5) is 32.6. The van der Waals surface area contributed by atoms with E-state index in [9.17, 15) is 40.0 Å². The highest BCUT2D eigenvalue weighted by molar-refractivity contribution is 7.91. The van der Waals surface area contributed by atoms with Gasteiger partial charge in [0.05, 0.1) is 22.9 Å². The number of nitrogens with zero attached hydrogens (tertiary/aromatic N) is 6. The van der Waals surface area contributed by atoms with Gasteiger partial charge in [0.2, 0.25) is 11.7 Å². The molecule has 0 unspecified atom stereocenters. The smallest absolute Gasteiger partial charge is 0.444 e. The van der Waals surface area contributed by atoms with Crippen LogP contribution in [0, 0.1) is 0 Å². The number of benzene rings is 2. The van der Waals surface area contributed by atoms with E-state index in [2.05, 4.69) is 30.2 Å². The van der Waals surface area contributed by atoms with Crippen LogP contribution in [0.4, 0.5) is 38.4 Å². The molecule has 2 aliphatic rings. The molecule has 20 heteroatoms. The van der Waals surface area contributed by atoms with Gasteiger partial charge in [-0.25, -0.2) is 22.0 Å². The number of alkyl halides is 5. The van der Waals surface area contributed by atoms with Crippen LogP contribution in [-0.4, -0.2) is 77.2 Å². The third kappa shape index (κ3) is 7.94. The largest absolute Gasteiger partial charge is 0.471 e. The normalized spacial score (nSPS) is 19.0. The van der Waals surface area contributed by atoms with Crippen molar-refractivity contribution >= 4 is 33.5 Å². The molecule has 6 rings (SSSR count). The molecule has 2 aromatic carbocycles. The van der Waals surface area contributed by atoms with Gasteiger partial charge in [-0.05, 0) is 44.5 Å². The molecule has 4 heterocycles. The van der Waals surface area contributed by atoms with E-state index < -0.39 is 70.1 Å². The van der Waals surface area contributed by atoms with Gasteiger partial charge in [0.15, 0.2) is 9.84 Å². The second kappa shape index (κ2) is 12.9. The van der Waals surface area contributed by atoms with Crippen LogP contribution in [0.25, 0.3) is 22.8 Å². The lowest BCUT2D eigenvalue weighted by atomic mass is 10.1. The number of carbonyl (C=O) groups excluding carboxylic acids is 2. The number of ether oxygens (including phenoxy) is 1. The van der Waals surface area contributed by atoms with Gasteiger partial charge in [0, 0.05) is 37.1 Å². The third-order valence-electron chi connectivity index (χ3n) is 7.87. The van der Waals surface area contributed by atoms with Gasteiger partial charge in [-0.3, -0.25) is 4.79 Å². The predicted octanol–water partition coefficient (Wildman–Crippen LogP) is 5.25. The Hall–Kier alpha value is -5.14. The molecule has 2 aromatic heterocycles. The molecule has 0 spiro atoms. The number of aromatic nitrogens is 4. The Kier molecular flexibility index (Phi) is 9.01. The number of rotatable bonds is 6. The highest BCUT2D eigenvalue weighted by atomic mass is 32.2. The molecule has 0 bridgehead atoms. The number of fused-ring (bicyclic) bond motifs is 1. The Morgan fingerprint density at radius 1 is 1.04 bits per heavy atom.